The predicted molar refractivity (Wildman–Crippen MR) is 72.1 cm³/mol. The Bertz CT molecular complexity index is 499. The lowest BCUT2D eigenvalue weighted by Gasteiger charge is -2.14. The molecule has 21 heavy (non-hydrogen) atoms. The van der Waals surface area contributed by atoms with Crippen LogP contribution in [0.15, 0.2) is 24.3 Å². The highest BCUT2D eigenvalue weighted by atomic mass is 19.3. The maximum Gasteiger partial charge on any atom is 0.387 e. The van der Waals surface area contributed by atoms with E-state index in [1.165, 1.54) is 18.2 Å². The summed E-state index contributed by atoms with van der Waals surface area (Å²) in [4.78, 5) is 11.5. The third-order valence-corrected chi connectivity index (χ3v) is 3.35. The number of rotatable bonds is 6. The van der Waals surface area contributed by atoms with Crippen molar-refractivity contribution in [2.24, 2.45) is 5.92 Å². The van der Waals surface area contributed by atoms with Gasteiger partial charge in [0.1, 0.15) is 5.75 Å². The number of halogens is 2. The van der Waals surface area contributed by atoms with Crippen molar-refractivity contribution < 1.29 is 23.4 Å². The van der Waals surface area contributed by atoms with Crippen LogP contribution in [0, 0.1) is 5.92 Å². The van der Waals surface area contributed by atoms with Crippen LogP contribution in [0.4, 0.5) is 13.6 Å². The van der Waals surface area contributed by atoms with Crippen LogP contribution < -0.4 is 15.4 Å². The van der Waals surface area contributed by atoms with E-state index in [1.807, 2.05) is 6.92 Å². The molecule has 1 aliphatic carbocycles. The average Bonchev–Trinajstić information content (AvgIpc) is 3.11. The van der Waals surface area contributed by atoms with Gasteiger partial charge in [-0.05, 0) is 30.0 Å². The number of nitrogens with one attached hydrogen (secondary N) is 2. The second-order valence-electron chi connectivity index (χ2n) is 5.14. The lowest BCUT2D eigenvalue weighted by atomic mass is 10.1. The van der Waals surface area contributed by atoms with Gasteiger partial charge < -0.3 is 20.5 Å². The summed E-state index contributed by atoms with van der Waals surface area (Å²) in [5.74, 6) is 0.460. The Morgan fingerprint density at radius 3 is 2.86 bits per heavy atom. The van der Waals surface area contributed by atoms with Crippen molar-refractivity contribution in [1.29, 1.82) is 0 Å². The van der Waals surface area contributed by atoms with Crippen LogP contribution in [0.2, 0.25) is 0 Å². The second-order valence-corrected chi connectivity index (χ2v) is 5.14. The molecule has 1 aliphatic rings. The number of hydrogen-bond acceptors (Lipinski definition) is 3. The van der Waals surface area contributed by atoms with Gasteiger partial charge in [-0.25, -0.2) is 4.79 Å². The maximum atomic E-state index is 12.1. The number of aliphatic hydroxyl groups is 1. The molecule has 1 aromatic carbocycles. The second kappa shape index (κ2) is 6.71. The van der Waals surface area contributed by atoms with Crippen LogP contribution in [-0.2, 0) is 0 Å². The predicted octanol–water partition coefficient (Wildman–Crippen LogP) is 2.03. The maximum absolute atomic E-state index is 12.1. The highest BCUT2D eigenvalue weighted by Crippen LogP contribution is 2.28. The minimum Gasteiger partial charge on any atom is -0.435 e. The first kappa shape index (κ1) is 15.5. The van der Waals surface area contributed by atoms with Crippen LogP contribution in [0.3, 0.4) is 0 Å². The summed E-state index contributed by atoms with van der Waals surface area (Å²) in [6.07, 6.45) is -0.0307. The Labute approximate surface area is 121 Å². The zero-order chi connectivity index (χ0) is 15.4. The van der Waals surface area contributed by atoms with E-state index in [1.54, 1.807) is 6.07 Å². The lowest BCUT2D eigenvalue weighted by molar-refractivity contribution is -0.0499. The van der Waals surface area contributed by atoms with Gasteiger partial charge in [-0.15, -0.1) is 0 Å². The summed E-state index contributed by atoms with van der Waals surface area (Å²) in [5.41, 5.74) is 0.397. The summed E-state index contributed by atoms with van der Waals surface area (Å²) in [7, 11) is 0. The Hall–Kier alpha value is -1.89. The van der Waals surface area contributed by atoms with E-state index in [4.69, 9.17) is 0 Å². The van der Waals surface area contributed by atoms with Crippen molar-refractivity contribution in [1.82, 2.24) is 10.6 Å². The Kier molecular flexibility index (Phi) is 4.95. The molecule has 0 heterocycles. The number of ether oxygens (including phenoxy) is 1. The standard InChI is InChI=1S/C14H18F2N2O3/c1-8-5-11(8)18-14(20)17-7-12(19)9-3-2-4-10(6-9)21-13(15)16/h2-4,6,8,11-13,19H,5,7H2,1H3,(H2,17,18,20). The van der Waals surface area contributed by atoms with Crippen LogP contribution >= 0.6 is 0 Å². The molecule has 2 rings (SSSR count). The number of urea groups is 1. The third-order valence-electron chi connectivity index (χ3n) is 3.35. The topological polar surface area (TPSA) is 70.6 Å². The lowest BCUT2D eigenvalue weighted by Crippen LogP contribution is -2.39. The summed E-state index contributed by atoms with van der Waals surface area (Å²) in [6, 6.07) is 5.62. The molecule has 0 aliphatic heterocycles. The molecule has 1 saturated carbocycles. The van der Waals surface area contributed by atoms with Gasteiger partial charge in [-0.1, -0.05) is 19.1 Å². The van der Waals surface area contributed by atoms with Gasteiger partial charge in [0, 0.05) is 12.6 Å². The molecule has 3 N–H and O–H groups in total. The molecule has 3 atom stereocenters. The third kappa shape index (κ3) is 4.86. The zero-order valence-electron chi connectivity index (χ0n) is 11.6. The van der Waals surface area contributed by atoms with Crippen LogP contribution in [-0.4, -0.2) is 30.3 Å². The molecule has 0 saturated heterocycles. The van der Waals surface area contributed by atoms with Gasteiger partial charge in [0.15, 0.2) is 0 Å². The number of carbonyl (C=O) groups is 1. The minimum absolute atomic E-state index is 0.00886. The van der Waals surface area contributed by atoms with Crippen molar-refractivity contribution in [2.45, 2.75) is 32.1 Å². The molecule has 116 valence electrons. The molecule has 5 nitrogen and oxygen atoms in total. The number of carbonyl (C=O) groups excluding carboxylic acids is 1. The molecule has 0 bridgehead atoms. The quantitative estimate of drug-likeness (QED) is 0.753. The molecular formula is C14H18F2N2O3. The molecule has 0 spiro atoms. The number of aliphatic hydroxyl groups excluding tert-OH is 1. The Morgan fingerprint density at radius 2 is 2.24 bits per heavy atom. The van der Waals surface area contributed by atoms with E-state index in [0.717, 1.165) is 6.42 Å². The van der Waals surface area contributed by atoms with Crippen LogP contribution in [0.5, 0.6) is 5.75 Å². The molecule has 0 radical (unpaired) electrons. The minimum atomic E-state index is -2.91. The fourth-order valence-corrected chi connectivity index (χ4v) is 1.95. The monoisotopic (exact) mass is 300 g/mol. The van der Waals surface area contributed by atoms with Crippen LogP contribution in [0.25, 0.3) is 0 Å². The number of hydrogen-bond donors (Lipinski definition) is 3. The molecule has 3 unspecified atom stereocenters. The number of alkyl halides is 2. The highest BCUT2D eigenvalue weighted by Gasteiger charge is 2.33. The van der Waals surface area contributed by atoms with Crippen LogP contribution in [0.1, 0.15) is 25.0 Å². The zero-order valence-corrected chi connectivity index (χ0v) is 11.6. The molecule has 7 heteroatoms. The van der Waals surface area contributed by atoms with Gasteiger partial charge >= 0.3 is 12.6 Å². The van der Waals surface area contributed by atoms with Gasteiger partial charge in [-0.2, -0.15) is 8.78 Å². The fraction of sp³-hybridized carbons (Fsp3) is 0.500. The van der Waals surface area contributed by atoms with Crippen molar-refractivity contribution in [3.05, 3.63) is 29.8 Å². The molecular weight excluding hydrogens is 282 g/mol. The van der Waals surface area contributed by atoms with E-state index < -0.39 is 12.7 Å². The van der Waals surface area contributed by atoms with E-state index in [0.29, 0.717) is 11.5 Å². The first-order valence-electron chi connectivity index (χ1n) is 6.73. The molecule has 1 fully saturated rings. The number of amides is 2. The van der Waals surface area contributed by atoms with Gasteiger partial charge in [0.05, 0.1) is 6.10 Å². The van der Waals surface area contributed by atoms with Gasteiger partial charge in [-0.3, -0.25) is 0 Å². The van der Waals surface area contributed by atoms with E-state index in [2.05, 4.69) is 15.4 Å². The Balaban J connectivity index is 1.82. The van der Waals surface area contributed by atoms with Gasteiger partial charge in [0.25, 0.3) is 0 Å². The summed E-state index contributed by atoms with van der Waals surface area (Å²) in [6.45, 7) is -0.888. The normalized spacial score (nSPS) is 21.8. The van der Waals surface area contributed by atoms with E-state index in [9.17, 15) is 18.7 Å². The molecule has 1 aromatic rings. The summed E-state index contributed by atoms with van der Waals surface area (Å²) < 4.78 is 28.5. The first-order valence-corrected chi connectivity index (χ1v) is 6.73. The SMILES string of the molecule is CC1CC1NC(=O)NCC(O)c1cccc(OC(F)F)c1. The first-order chi connectivity index (χ1) is 9.95. The van der Waals surface area contributed by atoms with E-state index in [-0.39, 0.29) is 24.4 Å². The smallest absolute Gasteiger partial charge is 0.387 e. The van der Waals surface area contributed by atoms with Gasteiger partial charge in [0.2, 0.25) is 0 Å². The molecule has 2 amide bonds. The molecule has 0 aromatic heterocycles. The largest absolute Gasteiger partial charge is 0.435 e. The van der Waals surface area contributed by atoms with Crippen molar-refractivity contribution >= 4 is 6.03 Å². The summed E-state index contributed by atoms with van der Waals surface area (Å²) >= 11 is 0. The number of benzene rings is 1. The van der Waals surface area contributed by atoms with Crippen molar-refractivity contribution in [3.63, 3.8) is 0 Å². The van der Waals surface area contributed by atoms with E-state index >= 15 is 0 Å². The average molecular weight is 300 g/mol. The van der Waals surface area contributed by atoms with Crippen molar-refractivity contribution in [3.8, 4) is 5.75 Å². The highest BCUT2D eigenvalue weighted by molar-refractivity contribution is 5.74. The summed E-state index contributed by atoms with van der Waals surface area (Å²) in [5, 5.41) is 15.3. The Morgan fingerprint density at radius 1 is 1.52 bits per heavy atom. The fourth-order valence-electron chi connectivity index (χ4n) is 1.95. The van der Waals surface area contributed by atoms with Crippen molar-refractivity contribution in [2.75, 3.05) is 6.54 Å².